The molecule has 1 unspecified atom stereocenters. The topological polar surface area (TPSA) is 60.7 Å². The van der Waals surface area contributed by atoms with E-state index in [1.54, 1.807) is 13.8 Å². The monoisotopic (exact) mass is 260 g/mol. The molecule has 0 saturated heterocycles. The summed E-state index contributed by atoms with van der Waals surface area (Å²) in [5.74, 6) is 0. The van der Waals surface area contributed by atoms with E-state index in [9.17, 15) is 10.2 Å². The molecular formula is C15H32O3. The van der Waals surface area contributed by atoms with Gasteiger partial charge in [0.15, 0.2) is 0 Å². The molecular weight excluding hydrogens is 228 g/mol. The van der Waals surface area contributed by atoms with Crippen LogP contribution >= 0.6 is 0 Å². The third-order valence-electron chi connectivity index (χ3n) is 3.40. The number of rotatable bonds is 11. The Labute approximate surface area is 112 Å². The Balaban J connectivity index is 3.52. The number of hydrogen-bond donors (Lipinski definition) is 3. The molecule has 0 aromatic heterocycles. The molecule has 0 radical (unpaired) electrons. The molecule has 0 fully saturated rings. The van der Waals surface area contributed by atoms with Gasteiger partial charge in [-0.25, -0.2) is 0 Å². The second kappa shape index (κ2) is 8.89. The van der Waals surface area contributed by atoms with E-state index in [0.29, 0.717) is 19.4 Å². The van der Waals surface area contributed by atoms with E-state index in [4.69, 9.17) is 5.11 Å². The molecule has 3 heteroatoms. The van der Waals surface area contributed by atoms with Crippen molar-refractivity contribution in [3.05, 3.63) is 0 Å². The SMILES string of the molecule is CC(C)(O)CCC(C)(O)CCCCCCCCO. The first-order chi connectivity index (χ1) is 8.27. The Bertz CT molecular complexity index is 194. The third-order valence-corrected chi connectivity index (χ3v) is 3.40. The van der Waals surface area contributed by atoms with E-state index in [0.717, 1.165) is 32.1 Å². The molecule has 3 nitrogen and oxygen atoms in total. The number of aliphatic hydroxyl groups excluding tert-OH is 1. The Hall–Kier alpha value is -0.120. The van der Waals surface area contributed by atoms with Crippen molar-refractivity contribution in [3.8, 4) is 0 Å². The maximum absolute atomic E-state index is 10.2. The van der Waals surface area contributed by atoms with Crippen molar-refractivity contribution in [2.24, 2.45) is 0 Å². The normalized spacial score (nSPS) is 15.7. The molecule has 0 amide bonds. The van der Waals surface area contributed by atoms with Crippen LogP contribution in [-0.4, -0.2) is 33.1 Å². The van der Waals surface area contributed by atoms with Gasteiger partial charge in [0, 0.05) is 6.61 Å². The minimum atomic E-state index is -0.686. The van der Waals surface area contributed by atoms with E-state index < -0.39 is 11.2 Å². The van der Waals surface area contributed by atoms with Gasteiger partial charge < -0.3 is 15.3 Å². The second-order valence-corrected chi connectivity index (χ2v) is 6.40. The van der Waals surface area contributed by atoms with Gasteiger partial charge in [0.2, 0.25) is 0 Å². The highest BCUT2D eigenvalue weighted by molar-refractivity contribution is 4.77. The molecule has 0 aliphatic heterocycles. The van der Waals surface area contributed by atoms with Crippen LogP contribution in [0.1, 0.15) is 78.6 Å². The smallest absolute Gasteiger partial charge is 0.0620 e. The molecule has 0 heterocycles. The second-order valence-electron chi connectivity index (χ2n) is 6.40. The fourth-order valence-corrected chi connectivity index (χ4v) is 2.02. The van der Waals surface area contributed by atoms with Crippen LogP contribution < -0.4 is 0 Å². The van der Waals surface area contributed by atoms with Crippen LogP contribution in [0.2, 0.25) is 0 Å². The van der Waals surface area contributed by atoms with Crippen molar-refractivity contribution in [1.82, 2.24) is 0 Å². The van der Waals surface area contributed by atoms with Gasteiger partial charge in [0.25, 0.3) is 0 Å². The number of aliphatic hydroxyl groups is 3. The van der Waals surface area contributed by atoms with Gasteiger partial charge in [0.05, 0.1) is 11.2 Å². The Morgan fingerprint density at radius 2 is 1.17 bits per heavy atom. The highest BCUT2D eigenvalue weighted by Gasteiger charge is 2.23. The molecule has 0 bridgehead atoms. The van der Waals surface area contributed by atoms with Crippen LogP contribution in [0.25, 0.3) is 0 Å². The first-order valence-electron chi connectivity index (χ1n) is 7.32. The summed E-state index contributed by atoms with van der Waals surface area (Å²) in [6, 6.07) is 0. The summed E-state index contributed by atoms with van der Waals surface area (Å²) in [4.78, 5) is 0. The standard InChI is InChI=1S/C15H32O3/c1-14(2,17)11-12-15(3,18)10-8-6-4-5-7-9-13-16/h16-18H,4-13H2,1-3H3. The number of hydrogen-bond acceptors (Lipinski definition) is 3. The van der Waals surface area contributed by atoms with E-state index in [1.165, 1.54) is 12.8 Å². The fraction of sp³-hybridized carbons (Fsp3) is 1.00. The summed E-state index contributed by atoms with van der Waals surface area (Å²) in [5.41, 5.74) is -1.33. The average Bonchev–Trinajstić information content (AvgIpc) is 2.25. The third kappa shape index (κ3) is 12.3. The van der Waals surface area contributed by atoms with E-state index in [1.807, 2.05) is 6.92 Å². The highest BCUT2D eigenvalue weighted by Crippen LogP contribution is 2.24. The van der Waals surface area contributed by atoms with Crippen LogP contribution in [-0.2, 0) is 0 Å². The maximum Gasteiger partial charge on any atom is 0.0620 e. The van der Waals surface area contributed by atoms with Crippen molar-refractivity contribution in [2.75, 3.05) is 6.61 Å². The lowest BCUT2D eigenvalue weighted by Crippen LogP contribution is -2.29. The lowest BCUT2D eigenvalue weighted by molar-refractivity contribution is -0.000183. The average molecular weight is 260 g/mol. The van der Waals surface area contributed by atoms with Gasteiger partial charge in [-0.2, -0.15) is 0 Å². The van der Waals surface area contributed by atoms with Crippen LogP contribution in [0, 0.1) is 0 Å². The van der Waals surface area contributed by atoms with Gasteiger partial charge in [0.1, 0.15) is 0 Å². The Morgan fingerprint density at radius 1 is 0.667 bits per heavy atom. The first kappa shape index (κ1) is 17.9. The molecule has 0 rings (SSSR count). The molecule has 18 heavy (non-hydrogen) atoms. The van der Waals surface area contributed by atoms with E-state index in [-0.39, 0.29) is 0 Å². The maximum atomic E-state index is 10.2. The number of unbranched alkanes of at least 4 members (excludes halogenated alkanes) is 5. The molecule has 110 valence electrons. The quantitative estimate of drug-likeness (QED) is 0.500. The minimum Gasteiger partial charge on any atom is -0.396 e. The van der Waals surface area contributed by atoms with Gasteiger partial charge in [-0.15, -0.1) is 0 Å². The summed E-state index contributed by atoms with van der Waals surface area (Å²) in [6.45, 7) is 5.73. The predicted molar refractivity (Wildman–Crippen MR) is 75.6 cm³/mol. The Kier molecular flexibility index (Phi) is 8.83. The molecule has 0 saturated carbocycles. The summed E-state index contributed by atoms with van der Waals surface area (Å²) in [6.07, 6.45) is 8.64. The van der Waals surface area contributed by atoms with Crippen molar-refractivity contribution in [2.45, 2.75) is 89.8 Å². The summed E-state index contributed by atoms with van der Waals surface area (Å²) in [7, 11) is 0. The molecule has 1 atom stereocenters. The van der Waals surface area contributed by atoms with Crippen LogP contribution in [0.4, 0.5) is 0 Å². The zero-order valence-electron chi connectivity index (χ0n) is 12.4. The van der Waals surface area contributed by atoms with E-state index in [2.05, 4.69) is 0 Å². The molecule has 0 spiro atoms. The summed E-state index contributed by atoms with van der Waals surface area (Å²) >= 11 is 0. The van der Waals surface area contributed by atoms with Crippen molar-refractivity contribution >= 4 is 0 Å². The molecule has 0 aliphatic carbocycles. The predicted octanol–water partition coefficient (Wildman–Crippen LogP) is 3.01. The first-order valence-corrected chi connectivity index (χ1v) is 7.32. The highest BCUT2D eigenvalue weighted by atomic mass is 16.3. The molecule has 0 aromatic carbocycles. The van der Waals surface area contributed by atoms with Gasteiger partial charge in [-0.05, 0) is 46.5 Å². The zero-order chi connectivity index (χ0) is 14.1. The van der Waals surface area contributed by atoms with Gasteiger partial charge in [-0.3, -0.25) is 0 Å². The Morgan fingerprint density at radius 3 is 1.67 bits per heavy atom. The van der Waals surface area contributed by atoms with Crippen molar-refractivity contribution < 1.29 is 15.3 Å². The van der Waals surface area contributed by atoms with E-state index >= 15 is 0 Å². The summed E-state index contributed by atoms with van der Waals surface area (Å²) < 4.78 is 0. The van der Waals surface area contributed by atoms with Crippen molar-refractivity contribution in [3.63, 3.8) is 0 Å². The molecule has 0 aromatic rings. The van der Waals surface area contributed by atoms with Crippen LogP contribution in [0.5, 0.6) is 0 Å². The lowest BCUT2D eigenvalue weighted by Gasteiger charge is -2.27. The van der Waals surface area contributed by atoms with Crippen molar-refractivity contribution in [1.29, 1.82) is 0 Å². The largest absolute Gasteiger partial charge is 0.396 e. The van der Waals surface area contributed by atoms with Gasteiger partial charge >= 0.3 is 0 Å². The summed E-state index contributed by atoms with van der Waals surface area (Å²) in [5, 5.41) is 28.5. The lowest BCUT2D eigenvalue weighted by atomic mass is 9.88. The fourth-order valence-electron chi connectivity index (χ4n) is 2.02. The van der Waals surface area contributed by atoms with Gasteiger partial charge in [-0.1, -0.05) is 32.1 Å². The minimum absolute atomic E-state index is 0.297. The molecule has 3 N–H and O–H groups in total. The van der Waals surface area contributed by atoms with Crippen LogP contribution in [0.3, 0.4) is 0 Å². The zero-order valence-corrected chi connectivity index (χ0v) is 12.4. The van der Waals surface area contributed by atoms with Crippen LogP contribution in [0.15, 0.2) is 0 Å². The molecule has 0 aliphatic rings.